The van der Waals surface area contributed by atoms with E-state index < -0.39 is 0 Å². The van der Waals surface area contributed by atoms with E-state index in [-0.39, 0.29) is 5.91 Å². The van der Waals surface area contributed by atoms with Crippen LogP contribution in [-0.4, -0.2) is 35.7 Å². The number of hydrogen-bond donors (Lipinski definition) is 1. The zero-order chi connectivity index (χ0) is 16.8. The van der Waals surface area contributed by atoms with Crippen molar-refractivity contribution in [1.82, 2.24) is 14.9 Å². The fourth-order valence-corrected chi connectivity index (χ4v) is 2.66. The zero-order valence-electron chi connectivity index (χ0n) is 13.7. The van der Waals surface area contributed by atoms with E-state index in [9.17, 15) is 4.79 Å². The average Bonchev–Trinajstić information content (AvgIpc) is 3.03. The fraction of sp³-hybridized carbons (Fsp3) is 0.263. The number of nitrogens with zero attached hydrogens (tertiary/aromatic N) is 2. The minimum absolute atomic E-state index is 0.0627. The lowest BCUT2D eigenvalue weighted by Crippen LogP contribution is -2.25. The van der Waals surface area contributed by atoms with E-state index in [0.29, 0.717) is 18.7 Å². The number of amides is 1. The summed E-state index contributed by atoms with van der Waals surface area (Å²) in [6.07, 6.45) is 4.50. The number of aromatic nitrogens is 2. The van der Waals surface area contributed by atoms with Gasteiger partial charge < -0.3 is 14.6 Å². The van der Waals surface area contributed by atoms with E-state index in [1.807, 2.05) is 48.7 Å². The maximum absolute atomic E-state index is 12.4. The smallest absolute Gasteiger partial charge is 0.251 e. The quantitative estimate of drug-likeness (QED) is 0.727. The van der Waals surface area contributed by atoms with E-state index in [1.165, 1.54) is 0 Å². The Hall–Kier alpha value is -2.66. The van der Waals surface area contributed by atoms with Crippen molar-refractivity contribution in [2.45, 2.75) is 13.0 Å². The monoisotopic (exact) mass is 323 g/mol. The normalized spacial score (nSPS) is 10.9. The van der Waals surface area contributed by atoms with Crippen molar-refractivity contribution in [1.29, 1.82) is 0 Å². The Morgan fingerprint density at radius 2 is 2.17 bits per heavy atom. The van der Waals surface area contributed by atoms with Gasteiger partial charge in [-0.15, -0.1) is 0 Å². The lowest BCUT2D eigenvalue weighted by atomic mass is 10.1. The third-order valence-electron chi connectivity index (χ3n) is 3.97. The molecule has 3 rings (SSSR count). The lowest BCUT2D eigenvalue weighted by Gasteiger charge is -2.08. The predicted octanol–water partition coefficient (Wildman–Crippen LogP) is 2.66. The highest BCUT2D eigenvalue weighted by molar-refractivity contribution is 5.98. The van der Waals surface area contributed by atoms with Crippen molar-refractivity contribution in [3.8, 4) is 0 Å². The Labute approximate surface area is 141 Å². The number of nitrogens with one attached hydrogen (secondary N) is 1. The summed E-state index contributed by atoms with van der Waals surface area (Å²) in [6.45, 7) is 1.98. The molecule has 5 nitrogen and oxygen atoms in total. The minimum Gasteiger partial charge on any atom is -0.383 e. The van der Waals surface area contributed by atoms with Gasteiger partial charge in [-0.1, -0.05) is 12.1 Å². The van der Waals surface area contributed by atoms with E-state index in [2.05, 4.69) is 14.9 Å². The Morgan fingerprint density at radius 3 is 2.96 bits per heavy atom. The number of methoxy groups -OCH3 is 1. The number of ether oxygens (including phenoxy) is 1. The molecule has 24 heavy (non-hydrogen) atoms. The first-order chi connectivity index (χ1) is 11.8. The number of pyridine rings is 1. The molecule has 0 bridgehead atoms. The topological polar surface area (TPSA) is 56.1 Å². The number of hydrogen-bond acceptors (Lipinski definition) is 3. The second-order valence-electron chi connectivity index (χ2n) is 5.60. The van der Waals surface area contributed by atoms with E-state index >= 15 is 0 Å². The predicted molar refractivity (Wildman–Crippen MR) is 94.1 cm³/mol. The van der Waals surface area contributed by atoms with Gasteiger partial charge >= 0.3 is 0 Å². The van der Waals surface area contributed by atoms with E-state index in [0.717, 1.165) is 29.6 Å². The van der Waals surface area contributed by atoms with Crippen LogP contribution in [-0.2, 0) is 17.7 Å². The molecule has 3 aromatic rings. The molecule has 5 heteroatoms. The summed E-state index contributed by atoms with van der Waals surface area (Å²) in [7, 11) is 1.69. The molecule has 0 aliphatic heterocycles. The van der Waals surface area contributed by atoms with Gasteiger partial charge in [-0.3, -0.25) is 9.78 Å². The number of carbonyl (C=O) groups is 1. The van der Waals surface area contributed by atoms with Crippen LogP contribution in [0.1, 0.15) is 16.1 Å². The molecule has 1 aromatic carbocycles. The highest BCUT2D eigenvalue weighted by Gasteiger charge is 2.08. The molecule has 2 aromatic heterocycles. The molecule has 2 heterocycles. The van der Waals surface area contributed by atoms with Gasteiger partial charge in [0.25, 0.3) is 5.91 Å². The Bertz CT molecular complexity index is 812. The lowest BCUT2D eigenvalue weighted by molar-refractivity contribution is 0.0954. The first-order valence-electron chi connectivity index (χ1n) is 8.04. The first kappa shape index (κ1) is 16.2. The maximum atomic E-state index is 12.4. The summed E-state index contributed by atoms with van der Waals surface area (Å²) in [5, 5.41) is 4.08. The standard InChI is InChI=1S/C19H21N3O2/c1-24-13-12-22-11-8-15-5-6-16(14-18(15)22)19(23)21-10-7-17-4-2-3-9-20-17/h2-6,8-9,11,14H,7,10,12-13H2,1H3,(H,21,23). The molecule has 0 radical (unpaired) electrons. The van der Waals surface area contributed by atoms with Crippen LogP contribution in [0.5, 0.6) is 0 Å². The van der Waals surface area contributed by atoms with Crippen LogP contribution in [0.15, 0.2) is 54.9 Å². The maximum Gasteiger partial charge on any atom is 0.251 e. The minimum atomic E-state index is -0.0627. The molecule has 0 saturated heterocycles. The van der Waals surface area contributed by atoms with Gasteiger partial charge in [-0.05, 0) is 35.7 Å². The van der Waals surface area contributed by atoms with Crippen LogP contribution >= 0.6 is 0 Å². The van der Waals surface area contributed by atoms with E-state index in [1.54, 1.807) is 13.3 Å². The molecule has 0 spiro atoms. The van der Waals surface area contributed by atoms with Gasteiger partial charge in [0.2, 0.25) is 0 Å². The third-order valence-corrected chi connectivity index (χ3v) is 3.97. The van der Waals surface area contributed by atoms with Gasteiger partial charge in [0.15, 0.2) is 0 Å². The van der Waals surface area contributed by atoms with Gasteiger partial charge in [0.05, 0.1) is 6.61 Å². The van der Waals surface area contributed by atoms with Gasteiger partial charge in [0, 0.05) is 55.8 Å². The summed E-state index contributed by atoms with van der Waals surface area (Å²) in [4.78, 5) is 16.6. The molecule has 0 saturated carbocycles. The SMILES string of the molecule is COCCn1ccc2ccc(C(=O)NCCc3ccccn3)cc21. The molecule has 0 atom stereocenters. The van der Waals surface area contributed by atoms with Crippen LogP contribution in [0.2, 0.25) is 0 Å². The summed E-state index contributed by atoms with van der Waals surface area (Å²) >= 11 is 0. The Kier molecular flexibility index (Phi) is 5.23. The van der Waals surface area contributed by atoms with Crippen LogP contribution in [0.4, 0.5) is 0 Å². The highest BCUT2D eigenvalue weighted by atomic mass is 16.5. The zero-order valence-corrected chi connectivity index (χ0v) is 13.7. The summed E-state index contributed by atoms with van der Waals surface area (Å²) < 4.78 is 7.23. The van der Waals surface area contributed by atoms with Crippen molar-refractivity contribution < 1.29 is 9.53 Å². The van der Waals surface area contributed by atoms with Gasteiger partial charge in [-0.2, -0.15) is 0 Å². The Morgan fingerprint density at radius 1 is 1.25 bits per heavy atom. The number of rotatable bonds is 7. The fourth-order valence-electron chi connectivity index (χ4n) is 2.66. The largest absolute Gasteiger partial charge is 0.383 e. The molecular formula is C19H21N3O2. The second kappa shape index (κ2) is 7.75. The van der Waals surface area contributed by atoms with Crippen LogP contribution in [0, 0.1) is 0 Å². The number of benzene rings is 1. The van der Waals surface area contributed by atoms with Crippen LogP contribution in [0.25, 0.3) is 10.9 Å². The molecule has 0 aliphatic carbocycles. The summed E-state index contributed by atoms with van der Waals surface area (Å²) in [5.74, 6) is -0.0627. The van der Waals surface area contributed by atoms with Crippen LogP contribution in [0.3, 0.4) is 0 Å². The average molecular weight is 323 g/mol. The molecule has 1 N–H and O–H groups in total. The van der Waals surface area contributed by atoms with Crippen molar-refractivity contribution >= 4 is 16.8 Å². The van der Waals surface area contributed by atoms with E-state index in [4.69, 9.17) is 4.74 Å². The molecule has 0 unspecified atom stereocenters. The van der Waals surface area contributed by atoms with Crippen molar-refractivity contribution in [3.05, 3.63) is 66.1 Å². The first-order valence-corrected chi connectivity index (χ1v) is 8.04. The second-order valence-corrected chi connectivity index (χ2v) is 5.60. The van der Waals surface area contributed by atoms with Gasteiger partial charge in [0.1, 0.15) is 0 Å². The summed E-state index contributed by atoms with van der Waals surface area (Å²) in [6, 6.07) is 13.6. The Balaban J connectivity index is 1.65. The molecule has 124 valence electrons. The third kappa shape index (κ3) is 3.81. The van der Waals surface area contributed by atoms with Crippen molar-refractivity contribution in [2.24, 2.45) is 0 Å². The number of carbonyl (C=O) groups excluding carboxylic acids is 1. The molecule has 0 aliphatic rings. The highest BCUT2D eigenvalue weighted by Crippen LogP contribution is 2.17. The molecule has 1 amide bonds. The van der Waals surface area contributed by atoms with Crippen molar-refractivity contribution in [2.75, 3.05) is 20.3 Å². The van der Waals surface area contributed by atoms with Crippen LogP contribution < -0.4 is 5.32 Å². The molecule has 0 fully saturated rings. The summed E-state index contributed by atoms with van der Waals surface area (Å²) in [5.41, 5.74) is 2.69. The van der Waals surface area contributed by atoms with Crippen molar-refractivity contribution in [3.63, 3.8) is 0 Å². The number of fused-ring (bicyclic) bond motifs is 1. The van der Waals surface area contributed by atoms with Gasteiger partial charge in [-0.25, -0.2) is 0 Å². The molecular weight excluding hydrogens is 302 g/mol.